The van der Waals surface area contributed by atoms with Gasteiger partial charge in [0.05, 0.1) is 0 Å². The number of halogens is 3. The van der Waals surface area contributed by atoms with Crippen LogP contribution in [-0.2, 0) is 13.6 Å². The molecular weight excluding hydrogens is 289 g/mol. The van der Waals surface area contributed by atoms with Gasteiger partial charge in [-0.05, 0) is 18.6 Å². The molecule has 1 unspecified atom stereocenters. The molecule has 0 fully saturated rings. The Hall–Kier alpha value is -0.236. The lowest BCUT2D eigenvalue weighted by Crippen LogP contribution is -2.48. The molecule has 1 atom stereocenters. The van der Waals surface area contributed by atoms with Gasteiger partial charge in [0.2, 0.25) is 14.7 Å². The van der Waals surface area contributed by atoms with Gasteiger partial charge in [0.15, 0.2) is 0 Å². The number of hydrogen-bond donors (Lipinski definition) is 2. The predicted molar refractivity (Wildman–Crippen MR) is 61.2 cm³/mol. The van der Waals surface area contributed by atoms with Crippen molar-refractivity contribution in [3.63, 3.8) is 0 Å². The maximum Gasteiger partial charge on any atom is 0.703 e. The number of hydrogen-bond acceptors (Lipinski definition) is 5. The Labute approximate surface area is 105 Å². The summed E-state index contributed by atoms with van der Waals surface area (Å²) in [5.41, 5.74) is 0.0895. The van der Waals surface area contributed by atoms with E-state index in [1.165, 1.54) is 0 Å². The van der Waals surface area contributed by atoms with E-state index in [0.717, 1.165) is 0 Å². The van der Waals surface area contributed by atoms with Crippen LogP contribution in [0.15, 0.2) is 12.2 Å². The van der Waals surface area contributed by atoms with Crippen LogP contribution in [0.25, 0.3) is 0 Å². The zero-order chi connectivity index (χ0) is 14.6. The van der Waals surface area contributed by atoms with Crippen molar-refractivity contribution in [2.45, 2.75) is 38.8 Å². The van der Waals surface area contributed by atoms with Crippen molar-refractivity contribution in [1.82, 2.24) is 0 Å². The second kappa shape index (κ2) is 6.79. The Balaban J connectivity index is 4.36. The summed E-state index contributed by atoms with van der Waals surface area (Å²) in [6.07, 6.45) is -5.24. The van der Waals surface area contributed by atoms with Crippen LogP contribution in [0.2, 0.25) is 18.6 Å². The molecule has 0 saturated heterocycles. The van der Waals surface area contributed by atoms with Crippen molar-refractivity contribution >= 4 is 17.4 Å². The summed E-state index contributed by atoms with van der Waals surface area (Å²) in [6, 6.07) is 0. The van der Waals surface area contributed by atoms with E-state index in [1.54, 1.807) is 13.1 Å². The Bertz CT molecular complexity index is 294. The maximum absolute atomic E-state index is 12.7. The fourth-order valence-corrected chi connectivity index (χ4v) is 2.44. The topological polar surface area (TPSA) is 68.2 Å². The van der Waals surface area contributed by atoms with Gasteiger partial charge in [-0.25, -0.2) is 8.97 Å². The number of alkyl halides is 1. The molecule has 18 heavy (non-hydrogen) atoms. The first-order valence-electron chi connectivity index (χ1n) is 5.12. The molecule has 0 rings (SSSR count). The second-order valence-corrected chi connectivity index (χ2v) is 10.4. The van der Waals surface area contributed by atoms with Gasteiger partial charge in [0.1, 0.15) is 0 Å². The van der Waals surface area contributed by atoms with E-state index < -0.39 is 29.8 Å². The third-order valence-electron chi connectivity index (χ3n) is 2.28. The molecule has 0 amide bonds. The molecule has 0 aromatic rings. The first-order valence-corrected chi connectivity index (χ1v) is 9.82. The molecule has 0 aliphatic rings. The first kappa shape index (κ1) is 17.8. The molecule has 0 aliphatic heterocycles. The molecule has 0 aromatic carbocycles. The summed E-state index contributed by atoms with van der Waals surface area (Å²) in [5, 5.41) is 0. The third-order valence-corrected chi connectivity index (χ3v) is 6.57. The highest BCUT2D eigenvalue weighted by Crippen LogP contribution is 2.23. The van der Waals surface area contributed by atoms with Crippen LogP contribution < -0.4 is 0 Å². The Morgan fingerprint density at radius 2 is 1.67 bits per heavy atom. The van der Waals surface area contributed by atoms with Crippen molar-refractivity contribution in [1.29, 1.82) is 0 Å². The fraction of sp³-hybridized carbons (Fsp3) is 0.750. The maximum atomic E-state index is 12.7. The van der Waals surface area contributed by atoms with Crippen LogP contribution in [0, 0.1) is 0 Å². The quantitative estimate of drug-likeness (QED) is 0.428. The van der Waals surface area contributed by atoms with Crippen LogP contribution in [0.1, 0.15) is 13.8 Å². The molecule has 0 heterocycles. The zero-order valence-corrected chi connectivity index (χ0v) is 12.5. The summed E-state index contributed by atoms with van der Waals surface area (Å²) in [6.45, 7) is 7.15. The van der Waals surface area contributed by atoms with Crippen LogP contribution in [-0.4, -0.2) is 33.3 Å². The smallest absolute Gasteiger partial charge is 0.366 e. The molecule has 5 nitrogen and oxygen atoms in total. The summed E-state index contributed by atoms with van der Waals surface area (Å²) in [5.74, 6) is 0. The first-order chi connectivity index (χ1) is 7.96. The number of rotatable bonds is 7. The van der Waals surface area contributed by atoms with Crippen molar-refractivity contribution in [2.75, 3.05) is 0 Å². The zero-order valence-electron chi connectivity index (χ0n) is 10.5. The highest BCUT2D eigenvalue weighted by Gasteiger charge is 2.44. The van der Waals surface area contributed by atoms with Gasteiger partial charge in [-0.1, -0.05) is 13.8 Å². The molecule has 0 bridgehead atoms. The van der Waals surface area contributed by atoms with Gasteiger partial charge in [0.25, 0.3) is 6.08 Å². The van der Waals surface area contributed by atoms with E-state index >= 15 is 0 Å². The van der Waals surface area contributed by atoms with E-state index in [-0.39, 0.29) is 11.6 Å². The SMILES string of the molecule is CC(C)[Si](C)(C)OO[Si](O)(O)OC(F)C=C(F)F. The van der Waals surface area contributed by atoms with E-state index in [2.05, 4.69) is 9.00 Å². The van der Waals surface area contributed by atoms with Crippen LogP contribution in [0.3, 0.4) is 0 Å². The second-order valence-electron chi connectivity index (χ2n) is 4.40. The van der Waals surface area contributed by atoms with E-state index in [1.807, 2.05) is 13.8 Å². The van der Waals surface area contributed by atoms with Gasteiger partial charge in [-0.15, -0.1) is 0 Å². The summed E-state index contributed by atoms with van der Waals surface area (Å²) >= 11 is 0. The van der Waals surface area contributed by atoms with Crippen molar-refractivity contribution in [3.05, 3.63) is 12.2 Å². The lowest BCUT2D eigenvalue weighted by Gasteiger charge is -2.27. The molecule has 0 aliphatic carbocycles. The lowest BCUT2D eigenvalue weighted by atomic mass is 10.6. The molecule has 0 saturated carbocycles. The lowest BCUT2D eigenvalue weighted by molar-refractivity contribution is -0.206. The molecule has 0 radical (unpaired) electrons. The minimum absolute atomic E-state index is 0.0895. The molecule has 2 N–H and O–H groups in total. The summed E-state index contributed by atoms with van der Waals surface area (Å²) < 4.78 is 49.1. The van der Waals surface area contributed by atoms with Crippen LogP contribution >= 0.6 is 0 Å². The standard InChI is InChI=1S/C8H17F3O5Si2/c1-6(2)17(3,4)15-16-18(12,13)14-8(11)5-7(9)10/h5-6,8,12-13H,1-4H3. The van der Waals surface area contributed by atoms with Crippen molar-refractivity contribution in [3.8, 4) is 0 Å². The van der Waals surface area contributed by atoms with Gasteiger partial charge in [-0.3, -0.25) is 4.58 Å². The average molecular weight is 306 g/mol. The molecular formula is C8H17F3O5Si2. The van der Waals surface area contributed by atoms with E-state index in [0.29, 0.717) is 0 Å². The monoisotopic (exact) mass is 306 g/mol. The Morgan fingerprint density at radius 1 is 1.17 bits per heavy atom. The minimum atomic E-state index is -4.93. The van der Waals surface area contributed by atoms with E-state index in [9.17, 15) is 22.8 Å². The Kier molecular flexibility index (Phi) is 6.70. The van der Waals surface area contributed by atoms with E-state index in [4.69, 9.17) is 4.58 Å². The normalized spacial score (nSPS) is 14.8. The molecule has 108 valence electrons. The largest absolute Gasteiger partial charge is 0.703 e. The highest BCUT2D eigenvalue weighted by molar-refractivity contribution is 6.72. The van der Waals surface area contributed by atoms with Gasteiger partial charge >= 0.3 is 9.05 Å². The molecule has 0 aromatic heterocycles. The average Bonchev–Trinajstić information content (AvgIpc) is 2.12. The summed E-state index contributed by atoms with van der Waals surface area (Å²) in [4.78, 5) is 18.4. The van der Waals surface area contributed by atoms with Crippen LogP contribution in [0.4, 0.5) is 13.2 Å². The van der Waals surface area contributed by atoms with Crippen molar-refractivity contribution < 1.29 is 36.3 Å². The van der Waals surface area contributed by atoms with Gasteiger partial charge in [0, 0.05) is 6.08 Å². The highest BCUT2D eigenvalue weighted by atomic mass is 28.4. The minimum Gasteiger partial charge on any atom is -0.366 e. The van der Waals surface area contributed by atoms with Gasteiger partial charge < -0.3 is 14.0 Å². The fourth-order valence-electron chi connectivity index (χ4n) is 0.557. The summed E-state index contributed by atoms with van der Waals surface area (Å²) in [7, 11) is -7.28. The van der Waals surface area contributed by atoms with Crippen molar-refractivity contribution in [2.24, 2.45) is 0 Å². The van der Waals surface area contributed by atoms with Gasteiger partial charge in [-0.2, -0.15) is 8.78 Å². The molecule has 10 heteroatoms. The third kappa shape index (κ3) is 7.25. The Morgan fingerprint density at radius 3 is 2.06 bits per heavy atom. The van der Waals surface area contributed by atoms with Crippen LogP contribution in [0.5, 0.6) is 0 Å². The molecule has 0 spiro atoms. The predicted octanol–water partition coefficient (Wildman–Crippen LogP) is 2.06.